The maximum Gasteiger partial charge on any atom is 0.217 e. The number of aromatic nitrogens is 1. The average molecular weight is 296 g/mol. The van der Waals surface area contributed by atoms with Crippen molar-refractivity contribution in [3.05, 3.63) is 53.9 Å². The Morgan fingerprint density at radius 2 is 2.00 bits per heavy atom. The predicted octanol–water partition coefficient (Wildman–Crippen LogP) is 0.698. The Balaban J connectivity index is 1.82. The van der Waals surface area contributed by atoms with Crippen LogP contribution in [0.1, 0.15) is 11.3 Å². The second-order valence-electron chi connectivity index (χ2n) is 4.44. The molecule has 2 N–H and O–H groups in total. The lowest BCUT2D eigenvalue weighted by Crippen LogP contribution is -2.34. The smallest absolute Gasteiger partial charge is 0.217 e. The van der Waals surface area contributed by atoms with Gasteiger partial charge in [0.2, 0.25) is 10.0 Å². The summed E-state index contributed by atoms with van der Waals surface area (Å²) in [5.74, 6) is -0.262. The summed E-state index contributed by atoms with van der Waals surface area (Å²) in [5.41, 5.74) is 1.28. The molecule has 0 aliphatic heterocycles. The molecule has 1 unspecified atom stereocenters. The minimum absolute atomic E-state index is 0.0327. The number of nitrogens with one attached hydrogen (secondary N) is 1. The van der Waals surface area contributed by atoms with Crippen LogP contribution in [0.3, 0.4) is 0 Å². The molecule has 20 heavy (non-hydrogen) atoms. The Labute approximate surface area is 117 Å². The summed E-state index contributed by atoms with van der Waals surface area (Å²) in [6.45, 7) is -0.0327. The molecule has 0 saturated carbocycles. The SMILES string of the molecule is O=S(=O)(Cc1ccon1)NCC(O)Cc1ccccc1. The summed E-state index contributed by atoms with van der Waals surface area (Å²) >= 11 is 0. The number of benzene rings is 1. The van der Waals surface area contributed by atoms with Gasteiger partial charge in [0.25, 0.3) is 0 Å². The van der Waals surface area contributed by atoms with Crippen LogP contribution in [0.5, 0.6) is 0 Å². The first kappa shape index (κ1) is 14.7. The monoisotopic (exact) mass is 296 g/mol. The number of hydrogen-bond donors (Lipinski definition) is 2. The second-order valence-corrected chi connectivity index (χ2v) is 6.25. The van der Waals surface area contributed by atoms with Gasteiger partial charge >= 0.3 is 0 Å². The summed E-state index contributed by atoms with van der Waals surface area (Å²) in [6, 6.07) is 10.9. The van der Waals surface area contributed by atoms with Crippen molar-refractivity contribution in [1.82, 2.24) is 9.88 Å². The van der Waals surface area contributed by atoms with Gasteiger partial charge in [0.1, 0.15) is 12.0 Å². The quantitative estimate of drug-likeness (QED) is 0.784. The lowest BCUT2D eigenvalue weighted by molar-refractivity contribution is 0.179. The molecule has 7 heteroatoms. The van der Waals surface area contributed by atoms with Crippen molar-refractivity contribution in [3.63, 3.8) is 0 Å². The van der Waals surface area contributed by atoms with E-state index in [0.29, 0.717) is 12.1 Å². The fourth-order valence-electron chi connectivity index (χ4n) is 1.74. The number of hydrogen-bond acceptors (Lipinski definition) is 5. The Morgan fingerprint density at radius 1 is 1.25 bits per heavy atom. The minimum Gasteiger partial charge on any atom is -0.391 e. The van der Waals surface area contributed by atoms with Crippen LogP contribution in [-0.2, 0) is 22.2 Å². The lowest BCUT2D eigenvalue weighted by atomic mass is 10.1. The van der Waals surface area contributed by atoms with Crippen LogP contribution in [0.4, 0.5) is 0 Å². The zero-order chi connectivity index (χ0) is 14.4. The molecule has 0 spiro atoms. The molecule has 0 radical (unpaired) electrons. The van der Waals surface area contributed by atoms with Crippen molar-refractivity contribution >= 4 is 10.0 Å². The second kappa shape index (κ2) is 6.65. The van der Waals surface area contributed by atoms with Crippen LogP contribution in [0.25, 0.3) is 0 Å². The predicted molar refractivity (Wildman–Crippen MR) is 73.3 cm³/mol. The first-order valence-corrected chi connectivity index (χ1v) is 7.79. The van der Waals surface area contributed by atoms with Gasteiger partial charge in [-0.2, -0.15) is 0 Å². The summed E-state index contributed by atoms with van der Waals surface area (Å²) in [6.07, 6.45) is 0.937. The van der Waals surface area contributed by atoms with E-state index in [2.05, 4.69) is 14.4 Å². The van der Waals surface area contributed by atoms with Gasteiger partial charge in [-0.15, -0.1) is 0 Å². The van der Waals surface area contributed by atoms with Crippen molar-refractivity contribution in [1.29, 1.82) is 0 Å². The van der Waals surface area contributed by atoms with Crippen LogP contribution in [0, 0.1) is 0 Å². The van der Waals surface area contributed by atoms with Gasteiger partial charge in [-0.25, -0.2) is 13.1 Å². The van der Waals surface area contributed by atoms with Gasteiger partial charge < -0.3 is 9.63 Å². The zero-order valence-electron chi connectivity index (χ0n) is 10.8. The van der Waals surface area contributed by atoms with E-state index in [1.807, 2.05) is 30.3 Å². The number of aliphatic hydroxyl groups excluding tert-OH is 1. The summed E-state index contributed by atoms with van der Waals surface area (Å²) in [7, 11) is -3.52. The summed E-state index contributed by atoms with van der Waals surface area (Å²) < 4.78 is 30.4. The molecule has 0 bridgehead atoms. The topological polar surface area (TPSA) is 92.4 Å². The van der Waals surface area contributed by atoms with E-state index in [1.165, 1.54) is 12.3 Å². The molecule has 108 valence electrons. The molecular formula is C13H16N2O4S. The largest absolute Gasteiger partial charge is 0.391 e. The van der Waals surface area contributed by atoms with E-state index in [9.17, 15) is 13.5 Å². The third-order valence-corrected chi connectivity index (χ3v) is 3.96. The highest BCUT2D eigenvalue weighted by Gasteiger charge is 2.15. The molecule has 0 fully saturated rings. The molecule has 2 rings (SSSR count). The molecule has 0 aliphatic carbocycles. The highest BCUT2D eigenvalue weighted by molar-refractivity contribution is 7.88. The van der Waals surface area contributed by atoms with Gasteiger partial charge in [-0.05, 0) is 12.0 Å². The van der Waals surface area contributed by atoms with Crippen LogP contribution < -0.4 is 4.72 Å². The van der Waals surface area contributed by atoms with E-state index in [-0.39, 0.29) is 12.3 Å². The van der Waals surface area contributed by atoms with Gasteiger partial charge in [0, 0.05) is 12.6 Å². The van der Waals surface area contributed by atoms with E-state index < -0.39 is 16.1 Å². The average Bonchev–Trinajstić information content (AvgIpc) is 2.90. The van der Waals surface area contributed by atoms with Crippen molar-refractivity contribution < 1.29 is 18.0 Å². The van der Waals surface area contributed by atoms with Crippen LogP contribution in [-0.4, -0.2) is 31.3 Å². The Morgan fingerprint density at radius 3 is 2.65 bits per heavy atom. The van der Waals surface area contributed by atoms with Gasteiger partial charge in [0.15, 0.2) is 0 Å². The summed E-state index contributed by atoms with van der Waals surface area (Å²) in [4.78, 5) is 0. The third-order valence-electron chi connectivity index (χ3n) is 2.68. The minimum atomic E-state index is -3.52. The zero-order valence-corrected chi connectivity index (χ0v) is 11.6. The molecule has 2 aromatic rings. The molecule has 0 amide bonds. The Bertz CT molecular complexity index is 611. The summed E-state index contributed by atoms with van der Waals surface area (Å²) in [5, 5.41) is 13.4. The first-order chi connectivity index (χ1) is 9.55. The van der Waals surface area contributed by atoms with E-state index in [4.69, 9.17) is 0 Å². The van der Waals surface area contributed by atoms with Gasteiger partial charge in [-0.1, -0.05) is 35.5 Å². The van der Waals surface area contributed by atoms with Crippen molar-refractivity contribution in [2.24, 2.45) is 0 Å². The van der Waals surface area contributed by atoms with Gasteiger partial charge in [-0.3, -0.25) is 0 Å². The molecular weight excluding hydrogens is 280 g/mol. The normalized spacial score (nSPS) is 13.2. The molecule has 0 saturated heterocycles. The van der Waals surface area contributed by atoms with Crippen LogP contribution >= 0.6 is 0 Å². The van der Waals surface area contributed by atoms with E-state index >= 15 is 0 Å². The maximum atomic E-state index is 11.8. The molecule has 1 atom stereocenters. The van der Waals surface area contributed by atoms with E-state index in [0.717, 1.165) is 5.56 Å². The lowest BCUT2D eigenvalue weighted by Gasteiger charge is -2.11. The fraction of sp³-hybridized carbons (Fsp3) is 0.308. The Hall–Kier alpha value is -1.70. The molecule has 1 aromatic carbocycles. The number of nitrogens with zero attached hydrogens (tertiary/aromatic N) is 1. The van der Waals surface area contributed by atoms with Crippen molar-refractivity contribution in [3.8, 4) is 0 Å². The molecule has 6 nitrogen and oxygen atoms in total. The third kappa shape index (κ3) is 4.76. The van der Waals surface area contributed by atoms with E-state index in [1.54, 1.807) is 0 Å². The highest BCUT2D eigenvalue weighted by atomic mass is 32.2. The number of rotatable bonds is 7. The fourth-order valence-corrected chi connectivity index (χ4v) is 2.83. The highest BCUT2D eigenvalue weighted by Crippen LogP contribution is 2.04. The number of sulfonamides is 1. The van der Waals surface area contributed by atoms with Crippen LogP contribution in [0.15, 0.2) is 47.2 Å². The Kier molecular flexibility index (Phi) is 4.89. The molecule has 0 aliphatic rings. The standard InChI is InChI=1S/C13H16N2O4S/c16-13(8-11-4-2-1-3-5-11)9-14-20(17,18)10-12-6-7-19-15-12/h1-7,13-14,16H,8-10H2. The molecule has 1 aromatic heterocycles. The maximum absolute atomic E-state index is 11.8. The first-order valence-electron chi connectivity index (χ1n) is 6.14. The van der Waals surface area contributed by atoms with Crippen LogP contribution in [0.2, 0.25) is 0 Å². The van der Waals surface area contributed by atoms with Crippen molar-refractivity contribution in [2.45, 2.75) is 18.3 Å². The number of aliphatic hydroxyl groups is 1. The van der Waals surface area contributed by atoms with Crippen molar-refractivity contribution in [2.75, 3.05) is 6.54 Å². The molecule has 1 heterocycles. The van der Waals surface area contributed by atoms with Gasteiger partial charge in [0.05, 0.1) is 11.8 Å².